The van der Waals surface area contributed by atoms with Crippen LogP contribution in [0.15, 0.2) is 29.2 Å². The topological polar surface area (TPSA) is 68.3 Å². The molecule has 1 aliphatic rings. The van der Waals surface area contributed by atoms with Crippen molar-refractivity contribution in [1.29, 1.82) is 0 Å². The summed E-state index contributed by atoms with van der Waals surface area (Å²) < 4.78 is 24.7. The maximum absolute atomic E-state index is 12.3. The minimum absolute atomic E-state index is 0.0959. The van der Waals surface area contributed by atoms with Gasteiger partial charge in [-0.3, -0.25) is 9.59 Å². The van der Waals surface area contributed by atoms with E-state index in [0.717, 1.165) is 0 Å². The average Bonchev–Trinajstić information content (AvgIpc) is 2.26. The van der Waals surface area contributed by atoms with E-state index in [4.69, 9.17) is 0 Å². The molecular formula is C14H15O4S. The Bertz CT molecular complexity index is 594. The van der Waals surface area contributed by atoms with Crippen LogP contribution in [0.25, 0.3) is 0 Å². The van der Waals surface area contributed by atoms with E-state index >= 15 is 0 Å². The summed E-state index contributed by atoms with van der Waals surface area (Å²) >= 11 is 0. The van der Waals surface area contributed by atoms with Gasteiger partial charge in [-0.15, -0.1) is 0 Å². The van der Waals surface area contributed by atoms with Crippen molar-refractivity contribution >= 4 is 21.4 Å². The van der Waals surface area contributed by atoms with Gasteiger partial charge in [-0.2, -0.15) is 0 Å². The summed E-state index contributed by atoms with van der Waals surface area (Å²) in [5.74, 6) is -1.03. The van der Waals surface area contributed by atoms with E-state index in [2.05, 4.69) is 6.07 Å². The molecule has 0 bridgehead atoms. The van der Waals surface area contributed by atoms with E-state index < -0.39 is 32.1 Å². The van der Waals surface area contributed by atoms with Crippen LogP contribution in [0.1, 0.15) is 26.7 Å². The summed E-state index contributed by atoms with van der Waals surface area (Å²) in [4.78, 5) is 24.0. The highest BCUT2D eigenvalue weighted by Crippen LogP contribution is 2.35. The van der Waals surface area contributed by atoms with Crippen molar-refractivity contribution < 1.29 is 18.0 Å². The average molecular weight is 279 g/mol. The van der Waals surface area contributed by atoms with Gasteiger partial charge in [0.05, 0.1) is 4.90 Å². The quantitative estimate of drug-likeness (QED) is 0.771. The maximum atomic E-state index is 12.3. The second-order valence-corrected chi connectivity index (χ2v) is 7.60. The van der Waals surface area contributed by atoms with E-state index in [-0.39, 0.29) is 17.7 Å². The largest absolute Gasteiger partial charge is 0.298 e. The molecule has 0 spiro atoms. The van der Waals surface area contributed by atoms with Crippen molar-refractivity contribution in [1.82, 2.24) is 0 Å². The van der Waals surface area contributed by atoms with Crippen LogP contribution in [0.3, 0.4) is 0 Å². The van der Waals surface area contributed by atoms with Crippen molar-refractivity contribution in [2.45, 2.75) is 36.8 Å². The second-order valence-electron chi connectivity index (χ2n) is 5.60. The molecule has 1 fully saturated rings. The molecule has 5 heteroatoms. The third kappa shape index (κ3) is 2.61. The Hall–Kier alpha value is -1.49. The number of carbonyl (C=O) groups excluding carboxylic acids is 2. The Morgan fingerprint density at radius 2 is 1.74 bits per heavy atom. The van der Waals surface area contributed by atoms with Crippen LogP contribution in [0.2, 0.25) is 0 Å². The Morgan fingerprint density at radius 1 is 1.16 bits per heavy atom. The molecule has 1 aromatic carbocycles. The molecule has 0 saturated heterocycles. The summed E-state index contributed by atoms with van der Waals surface area (Å²) in [6.45, 7) is 3.58. The summed E-state index contributed by atoms with van der Waals surface area (Å²) in [5, 5.41) is -1.56. The van der Waals surface area contributed by atoms with Gasteiger partial charge in [-0.05, 0) is 11.5 Å². The number of benzene rings is 1. The van der Waals surface area contributed by atoms with Crippen molar-refractivity contribution in [2.75, 3.05) is 0 Å². The molecule has 0 heterocycles. The smallest absolute Gasteiger partial charge is 0.196 e. The Kier molecular flexibility index (Phi) is 3.34. The van der Waals surface area contributed by atoms with Gasteiger partial charge in [0.15, 0.2) is 26.7 Å². The molecule has 4 nitrogen and oxygen atoms in total. The third-order valence-electron chi connectivity index (χ3n) is 3.19. The van der Waals surface area contributed by atoms with E-state index in [9.17, 15) is 18.0 Å². The molecule has 1 aliphatic carbocycles. The minimum atomic E-state index is -3.97. The third-order valence-corrected chi connectivity index (χ3v) is 5.20. The standard InChI is InChI=1S/C14H15O4S/c1-14(2)8-11(15)13(12(16)9-14)19(17,18)10-6-4-3-5-7-10/h3-6,13H,8-9H2,1-2H3. The molecule has 0 amide bonds. The number of Topliss-reactive ketones (excluding diaryl/α,β-unsaturated/α-hetero) is 2. The van der Waals surface area contributed by atoms with Crippen molar-refractivity contribution in [3.8, 4) is 0 Å². The minimum Gasteiger partial charge on any atom is -0.298 e. The summed E-state index contributed by atoms with van der Waals surface area (Å²) in [6, 6.07) is 8.56. The normalized spacial score (nSPS) is 20.5. The zero-order valence-corrected chi connectivity index (χ0v) is 11.7. The van der Waals surface area contributed by atoms with Crippen molar-refractivity contribution in [2.24, 2.45) is 5.41 Å². The van der Waals surface area contributed by atoms with Crippen LogP contribution in [-0.2, 0) is 19.4 Å². The number of carbonyl (C=O) groups is 2. The maximum Gasteiger partial charge on any atom is 0.196 e. The van der Waals surface area contributed by atoms with Crippen LogP contribution in [0.4, 0.5) is 0 Å². The molecule has 2 rings (SSSR count). The predicted molar refractivity (Wildman–Crippen MR) is 69.3 cm³/mol. The molecule has 0 aromatic heterocycles. The molecule has 1 saturated carbocycles. The van der Waals surface area contributed by atoms with Gasteiger partial charge in [0.2, 0.25) is 0 Å². The van der Waals surface area contributed by atoms with Gasteiger partial charge in [-0.1, -0.05) is 32.0 Å². The van der Waals surface area contributed by atoms with Gasteiger partial charge >= 0.3 is 0 Å². The number of hydrogen-bond acceptors (Lipinski definition) is 4. The van der Waals surface area contributed by atoms with Crippen molar-refractivity contribution in [3.63, 3.8) is 0 Å². The highest BCUT2D eigenvalue weighted by atomic mass is 32.2. The van der Waals surface area contributed by atoms with Gasteiger partial charge in [0, 0.05) is 18.9 Å². The van der Waals surface area contributed by atoms with Crippen LogP contribution >= 0.6 is 0 Å². The summed E-state index contributed by atoms with van der Waals surface area (Å²) in [6.07, 6.45) is 0.213. The van der Waals surface area contributed by atoms with Gasteiger partial charge in [0.25, 0.3) is 0 Å². The molecular weight excluding hydrogens is 264 g/mol. The van der Waals surface area contributed by atoms with E-state index in [1.54, 1.807) is 26.0 Å². The summed E-state index contributed by atoms with van der Waals surface area (Å²) in [5.41, 5.74) is -0.458. The van der Waals surface area contributed by atoms with Crippen LogP contribution in [0.5, 0.6) is 0 Å². The fourth-order valence-corrected chi connectivity index (χ4v) is 4.01. The Balaban J connectivity index is 2.42. The van der Waals surface area contributed by atoms with E-state index in [0.29, 0.717) is 0 Å². The van der Waals surface area contributed by atoms with Crippen LogP contribution in [0, 0.1) is 11.5 Å². The van der Waals surface area contributed by atoms with E-state index in [1.165, 1.54) is 12.1 Å². The first-order chi connectivity index (χ1) is 8.74. The lowest BCUT2D eigenvalue weighted by molar-refractivity contribution is -0.132. The first-order valence-corrected chi connectivity index (χ1v) is 7.55. The first-order valence-electron chi connectivity index (χ1n) is 6.00. The first kappa shape index (κ1) is 13.9. The molecule has 1 radical (unpaired) electrons. The van der Waals surface area contributed by atoms with E-state index in [1.807, 2.05) is 0 Å². The molecule has 0 unspecified atom stereocenters. The zero-order chi connectivity index (χ0) is 14.3. The highest BCUT2D eigenvalue weighted by molar-refractivity contribution is 7.93. The molecule has 0 aliphatic heterocycles. The number of sulfone groups is 1. The Labute approximate surface area is 112 Å². The van der Waals surface area contributed by atoms with Crippen LogP contribution < -0.4 is 0 Å². The zero-order valence-electron chi connectivity index (χ0n) is 10.8. The molecule has 0 N–H and O–H groups in total. The summed E-state index contributed by atoms with van der Waals surface area (Å²) in [7, 11) is -3.97. The lowest BCUT2D eigenvalue weighted by atomic mass is 9.76. The molecule has 0 atom stereocenters. The lowest BCUT2D eigenvalue weighted by Gasteiger charge is -2.31. The fourth-order valence-electron chi connectivity index (χ4n) is 2.40. The van der Waals surface area contributed by atoms with Gasteiger partial charge in [-0.25, -0.2) is 8.42 Å². The van der Waals surface area contributed by atoms with Crippen molar-refractivity contribution in [3.05, 3.63) is 30.3 Å². The highest BCUT2D eigenvalue weighted by Gasteiger charge is 2.47. The number of rotatable bonds is 2. The lowest BCUT2D eigenvalue weighted by Crippen LogP contribution is -2.46. The van der Waals surface area contributed by atoms with Crippen LogP contribution in [-0.4, -0.2) is 25.2 Å². The fraction of sp³-hybridized carbons (Fsp3) is 0.429. The SMILES string of the molecule is CC1(C)CC(=O)C(S(=O)(=O)c2[c]cccc2)C(=O)C1. The predicted octanol–water partition coefficient (Wildman–Crippen LogP) is 1.59. The number of hydrogen-bond donors (Lipinski definition) is 0. The number of ketones is 2. The van der Waals surface area contributed by atoms with Gasteiger partial charge < -0.3 is 0 Å². The molecule has 19 heavy (non-hydrogen) atoms. The molecule has 1 aromatic rings. The monoisotopic (exact) mass is 279 g/mol. The second kappa shape index (κ2) is 4.56. The Morgan fingerprint density at radius 3 is 2.21 bits per heavy atom. The molecule has 101 valence electrons. The van der Waals surface area contributed by atoms with Gasteiger partial charge in [0.1, 0.15) is 0 Å².